The lowest BCUT2D eigenvalue weighted by atomic mass is 10.0. The van der Waals surface area contributed by atoms with Crippen LogP contribution in [0.1, 0.15) is 54.4 Å². The molecule has 124 valence electrons. The Morgan fingerprint density at radius 3 is 2.24 bits per heavy atom. The quantitative estimate of drug-likeness (QED) is 0.347. The Morgan fingerprint density at radius 1 is 1.05 bits per heavy atom. The molecular formula is C16H34N4O. The molecule has 0 aromatic heterocycles. The second-order valence-electron chi connectivity index (χ2n) is 6.22. The van der Waals surface area contributed by atoms with Gasteiger partial charge in [0.15, 0.2) is 5.96 Å². The fourth-order valence-corrected chi connectivity index (χ4v) is 1.76. The van der Waals surface area contributed by atoms with Crippen molar-refractivity contribution in [1.82, 2.24) is 16.0 Å². The molecule has 0 aliphatic carbocycles. The molecular weight excluding hydrogens is 264 g/mol. The van der Waals surface area contributed by atoms with E-state index in [4.69, 9.17) is 0 Å². The molecule has 0 aliphatic heterocycles. The van der Waals surface area contributed by atoms with Crippen LogP contribution in [-0.4, -0.2) is 37.5 Å². The highest BCUT2D eigenvalue weighted by Crippen LogP contribution is 2.06. The molecule has 1 amide bonds. The van der Waals surface area contributed by atoms with E-state index in [1.54, 1.807) is 0 Å². The fraction of sp³-hybridized carbons (Fsp3) is 0.875. The van der Waals surface area contributed by atoms with E-state index in [-0.39, 0.29) is 11.8 Å². The third-order valence-corrected chi connectivity index (χ3v) is 3.11. The van der Waals surface area contributed by atoms with E-state index in [1.165, 1.54) is 6.42 Å². The average molecular weight is 298 g/mol. The molecule has 0 fully saturated rings. The molecule has 0 bridgehead atoms. The Morgan fingerprint density at radius 2 is 1.71 bits per heavy atom. The molecule has 1 atom stereocenters. The molecule has 0 radical (unpaired) electrons. The summed E-state index contributed by atoms with van der Waals surface area (Å²) in [6.45, 7) is 14.5. The Balaban J connectivity index is 4.14. The Kier molecular flexibility index (Phi) is 10.7. The molecule has 1 unspecified atom stereocenters. The monoisotopic (exact) mass is 298 g/mol. The van der Waals surface area contributed by atoms with Gasteiger partial charge in [0.25, 0.3) is 0 Å². The smallest absolute Gasteiger partial charge is 0.222 e. The van der Waals surface area contributed by atoms with Crippen molar-refractivity contribution in [3.05, 3.63) is 0 Å². The highest BCUT2D eigenvalue weighted by Gasteiger charge is 2.07. The van der Waals surface area contributed by atoms with E-state index < -0.39 is 0 Å². The van der Waals surface area contributed by atoms with Gasteiger partial charge in [0.05, 0.1) is 6.54 Å². The van der Waals surface area contributed by atoms with Crippen LogP contribution in [0.3, 0.4) is 0 Å². The number of aliphatic imine (C=N–C) groups is 1. The van der Waals surface area contributed by atoms with Crippen LogP contribution in [0.2, 0.25) is 0 Å². The van der Waals surface area contributed by atoms with E-state index in [0.29, 0.717) is 19.1 Å². The van der Waals surface area contributed by atoms with Crippen LogP contribution in [0.15, 0.2) is 4.99 Å². The zero-order valence-electron chi connectivity index (χ0n) is 14.6. The number of carbonyl (C=O) groups is 1. The van der Waals surface area contributed by atoms with E-state index in [0.717, 1.165) is 24.8 Å². The van der Waals surface area contributed by atoms with Gasteiger partial charge < -0.3 is 16.0 Å². The first kappa shape index (κ1) is 19.7. The number of amides is 1. The van der Waals surface area contributed by atoms with Crippen LogP contribution in [0, 0.1) is 11.8 Å². The summed E-state index contributed by atoms with van der Waals surface area (Å²) in [6.07, 6.45) is 2.34. The van der Waals surface area contributed by atoms with Gasteiger partial charge in [0, 0.05) is 25.0 Å². The van der Waals surface area contributed by atoms with Crippen LogP contribution in [0.5, 0.6) is 0 Å². The topological polar surface area (TPSA) is 65.5 Å². The summed E-state index contributed by atoms with van der Waals surface area (Å²) in [5.41, 5.74) is 0. The van der Waals surface area contributed by atoms with Gasteiger partial charge in [-0.2, -0.15) is 0 Å². The minimum absolute atomic E-state index is 0.0244. The predicted octanol–water partition coefficient (Wildman–Crippen LogP) is 2.14. The molecule has 0 aromatic carbocycles. The lowest BCUT2D eigenvalue weighted by Gasteiger charge is -2.18. The minimum atomic E-state index is 0.0244. The van der Waals surface area contributed by atoms with Crippen molar-refractivity contribution in [2.24, 2.45) is 16.8 Å². The van der Waals surface area contributed by atoms with Gasteiger partial charge in [-0.15, -0.1) is 0 Å². The molecule has 0 saturated carbocycles. The number of hydrogen-bond acceptors (Lipinski definition) is 2. The van der Waals surface area contributed by atoms with Crippen LogP contribution >= 0.6 is 0 Å². The lowest BCUT2D eigenvalue weighted by Crippen LogP contribution is -2.42. The Bertz CT molecular complexity index is 313. The summed E-state index contributed by atoms with van der Waals surface area (Å²) in [5, 5.41) is 9.52. The molecule has 0 aromatic rings. The number of nitrogens with zero attached hydrogens (tertiary/aromatic N) is 1. The zero-order valence-corrected chi connectivity index (χ0v) is 14.6. The van der Waals surface area contributed by atoms with Crippen molar-refractivity contribution >= 4 is 11.9 Å². The van der Waals surface area contributed by atoms with Gasteiger partial charge in [0.1, 0.15) is 0 Å². The highest BCUT2D eigenvalue weighted by atomic mass is 16.1. The van der Waals surface area contributed by atoms with Gasteiger partial charge in [0.2, 0.25) is 5.91 Å². The first-order chi connectivity index (χ1) is 9.86. The molecule has 0 heterocycles. The lowest BCUT2D eigenvalue weighted by molar-refractivity contribution is -0.123. The fourth-order valence-electron chi connectivity index (χ4n) is 1.76. The number of hydrogen-bond donors (Lipinski definition) is 3. The maximum atomic E-state index is 11.4. The van der Waals surface area contributed by atoms with Gasteiger partial charge >= 0.3 is 0 Å². The molecule has 0 aliphatic rings. The highest BCUT2D eigenvalue weighted by molar-refractivity contribution is 5.80. The maximum Gasteiger partial charge on any atom is 0.222 e. The van der Waals surface area contributed by atoms with Gasteiger partial charge in [-0.25, -0.2) is 0 Å². The Labute approximate surface area is 130 Å². The van der Waals surface area contributed by atoms with E-state index in [1.807, 2.05) is 13.8 Å². The number of guanidine groups is 1. The van der Waals surface area contributed by atoms with Crippen molar-refractivity contribution in [2.75, 3.05) is 19.6 Å². The van der Waals surface area contributed by atoms with Crippen LogP contribution in [-0.2, 0) is 4.79 Å². The average Bonchev–Trinajstić information content (AvgIpc) is 2.40. The second kappa shape index (κ2) is 11.4. The number of rotatable bonds is 9. The molecule has 0 spiro atoms. The van der Waals surface area contributed by atoms with Gasteiger partial charge in [-0.3, -0.25) is 9.79 Å². The molecule has 21 heavy (non-hydrogen) atoms. The van der Waals surface area contributed by atoms with Crippen molar-refractivity contribution in [2.45, 2.75) is 60.4 Å². The van der Waals surface area contributed by atoms with Crippen LogP contribution in [0.4, 0.5) is 0 Å². The first-order valence-electron chi connectivity index (χ1n) is 8.19. The largest absolute Gasteiger partial charge is 0.357 e. The summed E-state index contributed by atoms with van der Waals surface area (Å²) in [7, 11) is 0. The molecule has 5 nitrogen and oxygen atoms in total. The van der Waals surface area contributed by atoms with Crippen molar-refractivity contribution < 1.29 is 4.79 Å². The summed E-state index contributed by atoms with van der Waals surface area (Å²) >= 11 is 0. The third-order valence-electron chi connectivity index (χ3n) is 3.11. The SMILES string of the molecule is CCNC(=NCCNC(=O)C(C)C)NC(C)CCC(C)C. The Hall–Kier alpha value is -1.26. The summed E-state index contributed by atoms with van der Waals surface area (Å²) in [6, 6.07) is 0.399. The molecule has 0 rings (SSSR count). The van der Waals surface area contributed by atoms with Crippen molar-refractivity contribution in [3.8, 4) is 0 Å². The van der Waals surface area contributed by atoms with Crippen LogP contribution < -0.4 is 16.0 Å². The maximum absolute atomic E-state index is 11.4. The van der Waals surface area contributed by atoms with E-state index >= 15 is 0 Å². The van der Waals surface area contributed by atoms with Crippen LogP contribution in [0.25, 0.3) is 0 Å². The summed E-state index contributed by atoms with van der Waals surface area (Å²) < 4.78 is 0. The van der Waals surface area contributed by atoms with E-state index in [2.05, 4.69) is 48.6 Å². The van der Waals surface area contributed by atoms with E-state index in [9.17, 15) is 4.79 Å². The standard InChI is InChI=1S/C16H34N4O/c1-7-17-16(20-14(6)9-8-12(2)3)19-11-10-18-15(21)13(4)5/h12-14H,7-11H2,1-6H3,(H,18,21)(H2,17,19,20). The predicted molar refractivity (Wildman–Crippen MR) is 90.5 cm³/mol. The normalized spacial score (nSPS) is 13.4. The van der Waals surface area contributed by atoms with Gasteiger partial charge in [-0.05, 0) is 32.6 Å². The summed E-state index contributed by atoms with van der Waals surface area (Å²) in [4.78, 5) is 15.9. The van der Waals surface area contributed by atoms with Crippen molar-refractivity contribution in [3.63, 3.8) is 0 Å². The summed E-state index contributed by atoms with van der Waals surface area (Å²) in [5.74, 6) is 1.65. The first-order valence-corrected chi connectivity index (χ1v) is 8.19. The minimum Gasteiger partial charge on any atom is -0.357 e. The molecule has 3 N–H and O–H groups in total. The molecule has 5 heteroatoms. The third kappa shape index (κ3) is 11.1. The molecule has 0 saturated heterocycles. The number of carbonyl (C=O) groups excluding carboxylic acids is 1. The van der Waals surface area contributed by atoms with Gasteiger partial charge in [-0.1, -0.05) is 27.7 Å². The van der Waals surface area contributed by atoms with Crippen molar-refractivity contribution in [1.29, 1.82) is 0 Å². The second-order valence-corrected chi connectivity index (χ2v) is 6.22. The number of nitrogens with one attached hydrogen (secondary N) is 3. The zero-order chi connectivity index (χ0) is 16.3.